The van der Waals surface area contributed by atoms with Gasteiger partial charge in [-0.25, -0.2) is 9.69 Å². The average molecular weight is 341 g/mol. The molecule has 2 aliphatic rings. The Morgan fingerprint density at radius 2 is 2.00 bits per heavy atom. The first-order chi connectivity index (χ1) is 12.0. The van der Waals surface area contributed by atoms with Crippen molar-refractivity contribution in [1.29, 1.82) is 0 Å². The fourth-order valence-corrected chi connectivity index (χ4v) is 3.83. The molecule has 1 aromatic rings. The van der Waals surface area contributed by atoms with Crippen molar-refractivity contribution in [3.63, 3.8) is 0 Å². The quantitative estimate of drug-likeness (QED) is 0.836. The van der Waals surface area contributed by atoms with Crippen molar-refractivity contribution in [3.8, 4) is 12.3 Å². The summed E-state index contributed by atoms with van der Waals surface area (Å²) in [4.78, 5) is 25.9. The van der Waals surface area contributed by atoms with Crippen LogP contribution in [0.3, 0.4) is 0 Å². The van der Waals surface area contributed by atoms with Crippen molar-refractivity contribution in [1.82, 2.24) is 4.90 Å². The lowest BCUT2D eigenvalue weighted by Crippen LogP contribution is -2.46. The third kappa shape index (κ3) is 3.69. The molecule has 1 aliphatic heterocycles. The maximum absolute atomic E-state index is 12.8. The zero-order valence-corrected chi connectivity index (χ0v) is 14.2. The summed E-state index contributed by atoms with van der Waals surface area (Å²) in [5.41, 5.74) is -0.472. The highest BCUT2D eigenvalue weighted by atomic mass is 16.6. The summed E-state index contributed by atoms with van der Waals surface area (Å²) in [7, 11) is 0. The lowest BCUT2D eigenvalue weighted by atomic mass is 9.83. The van der Waals surface area contributed by atoms with Crippen LogP contribution in [0.5, 0.6) is 0 Å². The zero-order chi connectivity index (χ0) is 17.9. The maximum Gasteiger partial charge on any atom is 0.416 e. The van der Waals surface area contributed by atoms with E-state index in [1.165, 1.54) is 0 Å². The van der Waals surface area contributed by atoms with Gasteiger partial charge in [-0.05, 0) is 30.7 Å². The Labute approximate surface area is 148 Å². The predicted molar refractivity (Wildman–Crippen MR) is 92.5 cm³/mol. The Bertz CT molecular complexity index is 675. The second-order valence-electron chi connectivity index (χ2n) is 6.91. The predicted octanol–water partition coefficient (Wildman–Crippen LogP) is 2.52. The zero-order valence-electron chi connectivity index (χ0n) is 14.2. The molecule has 5 heteroatoms. The Morgan fingerprint density at radius 1 is 1.32 bits per heavy atom. The molecule has 1 saturated heterocycles. The van der Waals surface area contributed by atoms with Crippen molar-refractivity contribution >= 4 is 12.0 Å². The molecule has 3 rings (SSSR count). The van der Waals surface area contributed by atoms with Gasteiger partial charge in [-0.15, -0.1) is 6.42 Å². The summed E-state index contributed by atoms with van der Waals surface area (Å²) in [5.74, 6) is 1.86. The van der Waals surface area contributed by atoms with E-state index in [2.05, 4.69) is 5.92 Å². The molecule has 2 amide bonds. The van der Waals surface area contributed by atoms with Crippen molar-refractivity contribution in [2.24, 2.45) is 5.92 Å². The minimum absolute atomic E-state index is 0.0901. The molecule has 2 fully saturated rings. The Balaban J connectivity index is 1.72. The van der Waals surface area contributed by atoms with E-state index in [-0.39, 0.29) is 25.0 Å². The van der Waals surface area contributed by atoms with Gasteiger partial charge in [0.15, 0.2) is 0 Å². The molecule has 0 aromatic heterocycles. The van der Waals surface area contributed by atoms with Crippen LogP contribution >= 0.6 is 0 Å². The van der Waals surface area contributed by atoms with E-state index in [1.807, 2.05) is 30.3 Å². The minimum Gasteiger partial charge on any atom is -0.447 e. The van der Waals surface area contributed by atoms with E-state index in [0.29, 0.717) is 6.42 Å². The summed E-state index contributed by atoms with van der Waals surface area (Å²) in [5, 5.41) is 10.8. The first-order valence-electron chi connectivity index (χ1n) is 8.76. The maximum atomic E-state index is 12.8. The first kappa shape index (κ1) is 17.5. The smallest absolute Gasteiger partial charge is 0.416 e. The number of carbonyl (C=O) groups excluding carboxylic acids is 2. The molecule has 1 N–H and O–H groups in total. The van der Waals surface area contributed by atoms with Crippen molar-refractivity contribution in [3.05, 3.63) is 35.9 Å². The molecule has 1 heterocycles. The van der Waals surface area contributed by atoms with Crippen LogP contribution in [-0.4, -0.2) is 40.3 Å². The first-order valence-corrected chi connectivity index (χ1v) is 8.76. The summed E-state index contributed by atoms with van der Waals surface area (Å²) < 4.78 is 5.08. The molecule has 2 atom stereocenters. The molecule has 5 nitrogen and oxygen atoms in total. The van der Waals surface area contributed by atoms with E-state index in [4.69, 9.17) is 11.2 Å². The standard InChI is InChI=1S/C20H23NO4/c1-2-20(24,16-10-6-7-11-16)13-18(22)21-17(14-25-19(21)23)12-15-8-4-3-5-9-15/h1,3-5,8-9,16-17,24H,6-7,10-14H2/t17-,20+/m0/s1. The van der Waals surface area contributed by atoms with Gasteiger partial charge in [0.2, 0.25) is 5.91 Å². The van der Waals surface area contributed by atoms with Crippen LogP contribution in [0.4, 0.5) is 4.79 Å². The number of benzene rings is 1. The topological polar surface area (TPSA) is 66.8 Å². The summed E-state index contributed by atoms with van der Waals surface area (Å²) in [6.07, 6.45) is 8.80. The number of terminal acetylenes is 1. The molecule has 0 bridgehead atoms. The van der Waals surface area contributed by atoms with Gasteiger partial charge in [0.25, 0.3) is 0 Å². The molecule has 25 heavy (non-hydrogen) atoms. The van der Waals surface area contributed by atoms with E-state index in [1.54, 1.807) is 0 Å². The number of rotatable bonds is 5. The van der Waals surface area contributed by atoms with Crippen LogP contribution in [0, 0.1) is 18.3 Å². The number of amides is 2. The lowest BCUT2D eigenvalue weighted by Gasteiger charge is -2.30. The number of hydrogen-bond donors (Lipinski definition) is 1. The second-order valence-corrected chi connectivity index (χ2v) is 6.91. The third-order valence-electron chi connectivity index (χ3n) is 5.25. The normalized spacial score (nSPS) is 23.1. The molecule has 0 spiro atoms. The van der Waals surface area contributed by atoms with Gasteiger partial charge >= 0.3 is 6.09 Å². The number of aliphatic hydroxyl groups is 1. The molecular weight excluding hydrogens is 318 g/mol. The molecular formula is C20H23NO4. The SMILES string of the molecule is C#C[C@@](O)(CC(=O)N1C(=O)OC[C@@H]1Cc1ccccc1)C1CCCC1. The number of hydrogen-bond acceptors (Lipinski definition) is 4. The summed E-state index contributed by atoms with van der Waals surface area (Å²) in [6.45, 7) is 0.164. The highest BCUT2D eigenvalue weighted by Gasteiger charge is 2.44. The fraction of sp³-hybridized carbons (Fsp3) is 0.500. The average Bonchev–Trinajstić information content (AvgIpc) is 3.26. The Kier molecular flexibility index (Phi) is 5.10. The van der Waals surface area contributed by atoms with Gasteiger partial charge in [-0.1, -0.05) is 49.1 Å². The lowest BCUT2D eigenvalue weighted by molar-refractivity contribution is -0.134. The number of ether oxygens (including phenoxy) is 1. The molecule has 1 aromatic carbocycles. The highest BCUT2D eigenvalue weighted by molar-refractivity contribution is 5.94. The van der Waals surface area contributed by atoms with Gasteiger partial charge < -0.3 is 9.84 Å². The van der Waals surface area contributed by atoms with Gasteiger partial charge in [-0.2, -0.15) is 0 Å². The molecule has 132 valence electrons. The molecule has 0 radical (unpaired) electrons. The number of imide groups is 1. The van der Waals surface area contributed by atoms with Gasteiger partial charge in [0, 0.05) is 0 Å². The van der Waals surface area contributed by atoms with E-state index in [0.717, 1.165) is 36.1 Å². The highest BCUT2D eigenvalue weighted by Crippen LogP contribution is 2.36. The van der Waals surface area contributed by atoms with Crippen LogP contribution in [0.25, 0.3) is 0 Å². The number of carbonyl (C=O) groups is 2. The van der Waals surface area contributed by atoms with Crippen molar-refractivity contribution in [2.45, 2.75) is 50.2 Å². The van der Waals surface area contributed by atoms with Crippen LogP contribution in [-0.2, 0) is 16.0 Å². The number of cyclic esters (lactones) is 1. The summed E-state index contributed by atoms with van der Waals surface area (Å²) >= 11 is 0. The second kappa shape index (κ2) is 7.28. The largest absolute Gasteiger partial charge is 0.447 e. The van der Waals surface area contributed by atoms with E-state index >= 15 is 0 Å². The van der Waals surface area contributed by atoms with Crippen LogP contribution in [0.1, 0.15) is 37.7 Å². The van der Waals surface area contributed by atoms with Gasteiger partial charge in [-0.3, -0.25) is 4.79 Å². The van der Waals surface area contributed by atoms with Crippen molar-refractivity contribution in [2.75, 3.05) is 6.61 Å². The molecule has 1 saturated carbocycles. The van der Waals surface area contributed by atoms with Crippen LogP contribution in [0.2, 0.25) is 0 Å². The summed E-state index contributed by atoms with van der Waals surface area (Å²) in [6, 6.07) is 9.26. The van der Waals surface area contributed by atoms with Crippen LogP contribution < -0.4 is 0 Å². The Morgan fingerprint density at radius 3 is 2.64 bits per heavy atom. The monoisotopic (exact) mass is 341 g/mol. The van der Waals surface area contributed by atoms with E-state index in [9.17, 15) is 14.7 Å². The van der Waals surface area contributed by atoms with Crippen LogP contribution in [0.15, 0.2) is 30.3 Å². The third-order valence-corrected chi connectivity index (χ3v) is 5.25. The van der Waals surface area contributed by atoms with E-state index < -0.39 is 17.6 Å². The number of nitrogens with zero attached hydrogens (tertiary/aromatic N) is 1. The Hall–Kier alpha value is -2.32. The van der Waals surface area contributed by atoms with Gasteiger partial charge in [0.1, 0.15) is 12.2 Å². The van der Waals surface area contributed by atoms with Gasteiger partial charge in [0.05, 0.1) is 12.5 Å². The molecule has 1 aliphatic carbocycles. The van der Waals surface area contributed by atoms with Crippen molar-refractivity contribution < 1.29 is 19.4 Å². The fourth-order valence-electron chi connectivity index (χ4n) is 3.83. The minimum atomic E-state index is -1.49. The molecule has 0 unspecified atom stereocenters.